The minimum atomic E-state index is -0.838. The lowest BCUT2D eigenvalue weighted by Crippen LogP contribution is -2.29. The molecule has 29 heavy (non-hydrogen) atoms. The number of hydrogen-bond donors (Lipinski definition) is 2. The Balaban J connectivity index is 1.43. The molecule has 0 saturated carbocycles. The number of benzene rings is 2. The van der Waals surface area contributed by atoms with Gasteiger partial charge >= 0.3 is 11.8 Å². The normalized spacial score (nSPS) is 14.7. The van der Waals surface area contributed by atoms with Crippen LogP contribution >= 0.6 is 0 Å². The summed E-state index contributed by atoms with van der Waals surface area (Å²) >= 11 is 0. The van der Waals surface area contributed by atoms with Crippen molar-refractivity contribution in [1.29, 1.82) is 0 Å². The fraction of sp³-hybridized carbons (Fsp3) is 0.250. The van der Waals surface area contributed by atoms with Crippen molar-refractivity contribution in [2.75, 3.05) is 36.0 Å². The molecule has 2 aliphatic heterocycles. The molecule has 2 heterocycles. The number of ether oxygens (including phenoxy) is 3. The van der Waals surface area contributed by atoms with Gasteiger partial charge in [0.25, 0.3) is 0 Å². The lowest BCUT2D eigenvalue weighted by molar-refractivity contribution is -0.133. The van der Waals surface area contributed by atoms with Crippen molar-refractivity contribution in [1.82, 2.24) is 0 Å². The molecular formula is C20H19N3O6. The second-order valence-corrected chi connectivity index (χ2v) is 6.51. The topological polar surface area (TPSA) is 106 Å². The van der Waals surface area contributed by atoms with Crippen molar-refractivity contribution in [3.63, 3.8) is 0 Å². The van der Waals surface area contributed by atoms with Crippen LogP contribution < -0.4 is 29.7 Å². The van der Waals surface area contributed by atoms with E-state index in [9.17, 15) is 14.4 Å². The van der Waals surface area contributed by atoms with Crippen molar-refractivity contribution in [2.24, 2.45) is 0 Å². The highest BCUT2D eigenvalue weighted by Gasteiger charge is 2.25. The van der Waals surface area contributed by atoms with E-state index in [0.29, 0.717) is 47.3 Å². The Bertz CT molecular complexity index is 990. The van der Waals surface area contributed by atoms with Crippen LogP contribution in [0.1, 0.15) is 12.8 Å². The summed E-state index contributed by atoms with van der Waals surface area (Å²) in [5, 5.41) is 5.04. The molecule has 0 spiro atoms. The summed E-state index contributed by atoms with van der Waals surface area (Å²) in [6.07, 6.45) is 1.29. The fourth-order valence-electron chi connectivity index (χ4n) is 3.23. The number of methoxy groups -OCH3 is 1. The number of hydrogen-bond acceptors (Lipinski definition) is 6. The van der Waals surface area contributed by atoms with E-state index >= 15 is 0 Å². The van der Waals surface area contributed by atoms with Gasteiger partial charge in [0.1, 0.15) is 5.75 Å². The third-order valence-corrected chi connectivity index (χ3v) is 4.64. The molecule has 3 amide bonds. The van der Waals surface area contributed by atoms with Gasteiger partial charge in [-0.05, 0) is 30.7 Å². The van der Waals surface area contributed by atoms with Gasteiger partial charge in [-0.2, -0.15) is 0 Å². The number of fused-ring (bicyclic) bond motifs is 1. The molecule has 0 atom stereocenters. The average Bonchev–Trinajstić information content (AvgIpc) is 3.36. The molecule has 2 N–H and O–H groups in total. The summed E-state index contributed by atoms with van der Waals surface area (Å²) in [6.45, 7) is 0.743. The van der Waals surface area contributed by atoms with Gasteiger partial charge in [0, 0.05) is 36.5 Å². The summed E-state index contributed by atoms with van der Waals surface area (Å²) in [7, 11) is 1.48. The van der Waals surface area contributed by atoms with Gasteiger partial charge in [0.05, 0.1) is 12.8 Å². The number of carbonyl (C=O) groups excluding carboxylic acids is 3. The van der Waals surface area contributed by atoms with Crippen LogP contribution in [0.25, 0.3) is 0 Å². The van der Waals surface area contributed by atoms with E-state index in [0.717, 1.165) is 6.42 Å². The third-order valence-electron chi connectivity index (χ3n) is 4.64. The molecule has 0 aliphatic carbocycles. The third kappa shape index (κ3) is 3.79. The first-order chi connectivity index (χ1) is 14.0. The van der Waals surface area contributed by atoms with Crippen LogP contribution in [-0.2, 0) is 14.4 Å². The highest BCUT2D eigenvalue weighted by atomic mass is 16.7. The second kappa shape index (κ2) is 7.70. The Labute approximate surface area is 166 Å². The van der Waals surface area contributed by atoms with Gasteiger partial charge in [-0.3, -0.25) is 14.4 Å². The van der Waals surface area contributed by atoms with E-state index in [-0.39, 0.29) is 12.7 Å². The van der Waals surface area contributed by atoms with Gasteiger partial charge in [-0.1, -0.05) is 0 Å². The summed E-state index contributed by atoms with van der Waals surface area (Å²) < 4.78 is 15.8. The van der Waals surface area contributed by atoms with E-state index in [1.807, 2.05) is 0 Å². The Morgan fingerprint density at radius 3 is 2.38 bits per heavy atom. The minimum absolute atomic E-state index is 0.0307. The summed E-state index contributed by atoms with van der Waals surface area (Å²) in [5.74, 6) is -0.120. The van der Waals surface area contributed by atoms with Crippen LogP contribution in [0.3, 0.4) is 0 Å². The Kier molecular flexibility index (Phi) is 4.94. The fourth-order valence-corrected chi connectivity index (χ4v) is 3.23. The standard InChI is InChI=1S/C20H19N3O6/c1-27-16-9-12(4-6-14(16)23-8-2-3-18(23)24)21-19(25)20(26)22-13-5-7-15-17(10-13)29-11-28-15/h4-7,9-10H,2-3,8,11H2,1H3,(H,21,25)(H,22,26). The van der Waals surface area contributed by atoms with Gasteiger partial charge in [-0.15, -0.1) is 0 Å². The smallest absolute Gasteiger partial charge is 0.314 e. The minimum Gasteiger partial charge on any atom is -0.494 e. The van der Waals surface area contributed by atoms with Crippen molar-refractivity contribution in [2.45, 2.75) is 12.8 Å². The van der Waals surface area contributed by atoms with E-state index in [1.54, 1.807) is 41.3 Å². The van der Waals surface area contributed by atoms with Gasteiger partial charge in [0.15, 0.2) is 11.5 Å². The van der Waals surface area contributed by atoms with Crippen molar-refractivity contribution in [3.05, 3.63) is 36.4 Å². The first kappa shape index (κ1) is 18.6. The van der Waals surface area contributed by atoms with Crippen LogP contribution in [0.2, 0.25) is 0 Å². The van der Waals surface area contributed by atoms with Crippen LogP contribution in [0, 0.1) is 0 Å². The molecule has 0 unspecified atom stereocenters. The van der Waals surface area contributed by atoms with Crippen LogP contribution in [-0.4, -0.2) is 38.2 Å². The number of nitrogens with one attached hydrogen (secondary N) is 2. The van der Waals surface area contributed by atoms with Gasteiger partial charge < -0.3 is 29.7 Å². The van der Waals surface area contributed by atoms with E-state index < -0.39 is 11.8 Å². The highest BCUT2D eigenvalue weighted by Crippen LogP contribution is 2.35. The molecule has 2 aromatic rings. The molecule has 150 valence electrons. The number of amides is 3. The Hall–Kier alpha value is -3.75. The van der Waals surface area contributed by atoms with Gasteiger partial charge in [0.2, 0.25) is 12.7 Å². The molecule has 0 aromatic heterocycles. The summed E-state index contributed by atoms with van der Waals surface area (Å²) in [4.78, 5) is 38.1. The zero-order chi connectivity index (χ0) is 20.4. The monoisotopic (exact) mass is 397 g/mol. The Morgan fingerprint density at radius 1 is 1.00 bits per heavy atom. The zero-order valence-corrected chi connectivity index (χ0v) is 15.7. The number of nitrogens with zero attached hydrogens (tertiary/aromatic N) is 1. The number of carbonyl (C=O) groups is 3. The quantitative estimate of drug-likeness (QED) is 0.766. The maximum Gasteiger partial charge on any atom is 0.314 e. The number of anilines is 3. The molecule has 9 nitrogen and oxygen atoms in total. The SMILES string of the molecule is COc1cc(NC(=O)C(=O)Nc2ccc3c(c2)OCO3)ccc1N1CCCC1=O. The molecule has 2 aliphatic rings. The maximum atomic E-state index is 12.3. The van der Waals surface area contributed by atoms with Crippen molar-refractivity contribution >= 4 is 34.8 Å². The first-order valence-corrected chi connectivity index (χ1v) is 9.05. The van der Waals surface area contributed by atoms with Gasteiger partial charge in [-0.25, -0.2) is 0 Å². The lowest BCUT2D eigenvalue weighted by atomic mass is 10.2. The molecule has 2 aromatic carbocycles. The molecule has 1 fully saturated rings. The molecule has 0 radical (unpaired) electrons. The predicted octanol–water partition coefficient (Wildman–Crippen LogP) is 2.13. The summed E-state index contributed by atoms with van der Waals surface area (Å²) in [6, 6.07) is 9.73. The average molecular weight is 397 g/mol. The molecular weight excluding hydrogens is 378 g/mol. The van der Waals surface area contributed by atoms with Crippen LogP contribution in [0.15, 0.2) is 36.4 Å². The Morgan fingerprint density at radius 2 is 1.69 bits per heavy atom. The van der Waals surface area contributed by atoms with Crippen LogP contribution in [0.5, 0.6) is 17.2 Å². The summed E-state index contributed by atoms with van der Waals surface area (Å²) in [5.41, 5.74) is 1.43. The van der Waals surface area contributed by atoms with Crippen molar-refractivity contribution < 1.29 is 28.6 Å². The molecule has 0 bridgehead atoms. The van der Waals surface area contributed by atoms with E-state index in [2.05, 4.69) is 10.6 Å². The highest BCUT2D eigenvalue weighted by molar-refractivity contribution is 6.43. The zero-order valence-electron chi connectivity index (χ0n) is 15.7. The second-order valence-electron chi connectivity index (χ2n) is 6.51. The lowest BCUT2D eigenvalue weighted by Gasteiger charge is -2.19. The molecule has 4 rings (SSSR count). The van der Waals surface area contributed by atoms with E-state index in [4.69, 9.17) is 14.2 Å². The van der Waals surface area contributed by atoms with Crippen LogP contribution in [0.4, 0.5) is 17.1 Å². The van der Waals surface area contributed by atoms with E-state index in [1.165, 1.54) is 7.11 Å². The molecule has 1 saturated heterocycles. The van der Waals surface area contributed by atoms with Crippen molar-refractivity contribution in [3.8, 4) is 17.2 Å². The molecule has 9 heteroatoms. The largest absolute Gasteiger partial charge is 0.494 e. The maximum absolute atomic E-state index is 12.3. The number of rotatable bonds is 4. The predicted molar refractivity (Wildman–Crippen MR) is 104 cm³/mol. The first-order valence-electron chi connectivity index (χ1n) is 9.05.